The van der Waals surface area contributed by atoms with Crippen LogP contribution in [0, 0.1) is 0 Å². The van der Waals surface area contributed by atoms with Crippen LogP contribution in [0.3, 0.4) is 0 Å². The number of ether oxygens (including phenoxy) is 1. The molecule has 2 aromatic carbocycles. The Morgan fingerprint density at radius 1 is 0.912 bits per heavy atom. The minimum atomic E-state index is -3.91. The lowest BCUT2D eigenvalue weighted by molar-refractivity contribution is 0.0171. The van der Waals surface area contributed by atoms with Gasteiger partial charge in [-0.3, -0.25) is 4.31 Å². The van der Waals surface area contributed by atoms with E-state index in [1.165, 1.54) is 28.6 Å². The molecule has 0 bridgehead atoms. The molecule has 0 aliphatic carbocycles. The standard InChI is InChI=1S/C24H30N2O6S2/c1-23(2,3)32-22(27)25-15-13-24(14-16-25)17-26(21-8-6-5-7-20(21)24)34(30,31)19-11-9-18(10-12-19)33(4,28)29/h5-12H,13-17H2,1-4H3. The normalized spacial score (nSPS) is 18.1. The summed E-state index contributed by atoms with van der Waals surface area (Å²) in [6, 6.07) is 12.8. The second-order valence-electron chi connectivity index (χ2n) is 10.0. The lowest BCUT2D eigenvalue weighted by Crippen LogP contribution is -2.48. The molecule has 0 aromatic heterocycles. The van der Waals surface area contributed by atoms with Gasteiger partial charge in [-0.1, -0.05) is 18.2 Å². The molecule has 2 aromatic rings. The van der Waals surface area contributed by atoms with E-state index in [2.05, 4.69) is 0 Å². The van der Waals surface area contributed by atoms with E-state index in [0.29, 0.717) is 31.6 Å². The molecule has 0 N–H and O–H groups in total. The molecule has 1 saturated heterocycles. The molecule has 1 amide bonds. The van der Waals surface area contributed by atoms with Gasteiger partial charge in [0.25, 0.3) is 10.0 Å². The van der Waals surface area contributed by atoms with Crippen molar-refractivity contribution in [2.24, 2.45) is 0 Å². The molecule has 0 unspecified atom stereocenters. The van der Waals surface area contributed by atoms with Crippen LogP contribution in [0.2, 0.25) is 0 Å². The van der Waals surface area contributed by atoms with Gasteiger partial charge in [0, 0.05) is 31.3 Å². The zero-order chi connectivity index (χ0) is 24.9. The van der Waals surface area contributed by atoms with Crippen LogP contribution in [0.15, 0.2) is 58.3 Å². The summed E-state index contributed by atoms with van der Waals surface area (Å²) in [5.41, 5.74) is 0.592. The van der Waals surface area contributed by atoms with Crippen LogP contribution in [0.25, 0.3) is 0 Å². The summed E-state index contributed by atoms with van der Waals surface area (Å²) < 4.78 is 57.7. The maximum absolute atomic E-state index is 13.6. The number of likely N-dealkylation sites (tertiary alicyclic amines) is 1. The fourth-order valence-electron chi connectivity index (χ4n) is 4.66. The Kier molecular flexibility index (Phi) is 5.96. The van der Waals surface area contributed by atoms with Gasteiger partial charge in [-0.25, -0.2) is 21.6 Å². The third-order valence-electron chi connectivity index (χ3n) is 6.40. The number of amides is 1. The number of sulfonamides is 1. The SMILES string of the molecule is CC(C)(C)OC(=O)N1CCC2(CC1)CN(S(=O)(=O)c1ccc(S(C)(=O)=O)cc1)c1ccccc12. The van der Waals surface area contributed by atoms with Crippen LogP contribution in [0.1, 0.15) is 39.2 Å². The van der Waals surface area contributed by atoms with Crippen LogP contribution in [-0.4, -0.2) is 59.3 Å². The summed E-state index contributed by atoms with van der Waals surface area (Å²) in [6.07, 6.45) is 1.95. The molecule has 34 heavy (non-hydrogen) atoms. The summed E-state index contributed by atoms with van der Waals surface area (Å²) in [5.74, 6) is 0. The van der Waals surface area contributed by atoms with E-state index < -0.39 is 30.9 Å². The topological polar surface area (TPSA) is 101 Å². The number of fused-ring (bicyclic) bond motifs is 2. The maximum Gasteiger partial charge on any atom is 0.410 e. The molecule has 10 heteroatoms. The van der Waals surface area contributed by atoms with Gasteiger partial charge in [0.05, 0.1) is 15.5 Å². The van der Waals surface area contributed by atoms with E-state index >= 15 is 0 Å². The smallest absolute Gasteiger partial charge is 0.410 e. The van der Waals surface area contributed by atoms with E-state index in [9.17, 15) is 21.6 Å². The first kappa shape index (κ1) is 24.5. The van der Waals surface area contributed by atoms with Crippen LogP contribution >= 0.6 is 0 Å². The Morgan fingerprint density at radius 3 is 2.03 bits per heavy atom. The van der Waals surface area contributed by atoms with Crippen molar-refractivity contribution in [1.29, 1.82) is 0 Å². The maximum atomic E-state index is 13.6. The van der Waals surface area contributed by atoms with Gasteiger partial charge < -0.3 is 9.64 Å². The van der Waals surface area contributed by atoms with Crippen molar-refractivity contribution in [3.63, 3.8) is 0 Å². The number of rotatable bonds is 3. The molecule has 1 spiro atoms. The predicted octanol–water partition coefficient (Wildman–Crippen LogP) is 3.57. The largest absolute Gasteiger partial charge is 0.444 e. The predicted molar refractivity (Wildman–Crippen MR) is 129 cm³/mol. The lowest BCUT2D eigenvalue weighted by Gasteiger charge is -2.40. The number of carbonyl (C=O) groups excluding carboxylic acids is 1. The molecule has 2 heterocycles. The van der Waals surface area contributed by atoms with Crippen molar-refractivity contribution in [1.82, 2.24) is 4.90 Å². The highest BCUT2D eigenvalue weighted by Crippen LogP contribution is 2.48. The number of para-hydroxylation sites is 1. The van der Waals surface area contributed by atoms with Gasteiger partial charge in [0.2, 0.25) is 0 Å². The number of hydrogen-bond donors (Lipinski definition) is 0. The molecule has 0 radical (unpaired) electrons. The molecular formula is C24H30N2O6S2. The van der Waals surface area contributed by atoms with Crippen LogP contribution < -0.4 is 4.31 Å². The first-order valence-corrected chi connectivity index (χ1v) is 14.5. The van der Waals surface area contributed by atoms with Crippen molar-refractivity contribution < 1.29 is 26.4 Å². The van der Waals surface area contributed by atoms with Gasteiger partial charge in [-0.2, -0.15) is 0 Å². The Balaban J connectivity index is 1.61. The molecule has 1 fully saturated rings. The van der Waals surface area contributed by atoms with E-state index in [4.69, 9.17) is 4.74 Å². The Morgan fingerprint density at radius 2 is 1.47 bits per heavy atom. The number of hydrogen-bond acceptors (Lipinski definition) is 6. The Hall–Kier alpha value is -2.59. The number of sulfone groups is 1. The molecule has 0 saturated carbocycles. The summed E-state index contributed by atoms with van der Waals surface area (Å²) in [6.45, 7) is 6.70. The summed E-state index contributed by atoms with van der Waals surface area (Å²) >= 11 is 0. The van der Waals surface area contributed by atoms with E-state index in [1.54, 1.807) is 11.0 Å². The van der Waals surface area contributed by atoms with Gasteiger partial charge in [0.15, 0.2) is 9.84 Å². The van der Waals surface area contributed by atoms with Gasteiger partial charge in [-0.15, -0.1) is 0 Å². The van der Waals surface area contributed by atoms with Crippen molar-refractivity contribution in [2.75, 3.05) is 30.2 Å². The lowest BCUT2D eigenvalue weighted by atomic mass is 9.74. The molecule has 2 aliphatic heterocycles. The molecule has 8 nitrogen and oxygen atoms in total. The highest BCUT2D eigenvalue weighted by molar-refractivity contribution is 7.93. The number of piperidine rings is 1. The fraction of sp³-hybridized carbons (Fsp3) is 0.458. The highest BCUT2D eigenvalue weighted by atomic mass is 32.2. The zero-order valence-corrected chi connectivity index (χ0v) is 21.4. The molecule has 2 aliphatic rings. The summed E-state index contributed by atoms with van der Waals surface area (Å²) in [5, 5.41) is 0. The van der Waals surface area contributed by atoms with Crippen LogP contribution in [0.5, 0.6) is 0 Å². The third-order valence-corrected chi connectivity index (χ3v) is 9.30. The van der Waals surface area contributed by atoms with Crippen LogP contribution in [0.4, 0.5) is 10.5 Å². The first-order valence-electron chi connectivity index (χ1n) is 11.1. The van der Waals surface area contributed by atoms with Crippen molar-refractivity contribution in [3.8, 4) is 0 Å². The molecule has 0 atom stereocenters. The Labute approximate surface area is 201 Å². The minimum absolute atomic E-state index is 0.0398. The van der Waals surface area contributed by atoms with Crippen molar-refractivity contribution in [2.45, 2.75) is 54.4 Å². The minimum Gasteiger partial charge on any atom is -0.444 e. The van der Waals surface area contributed by atoms with Gasteiger partial charge in [-0.05, 0) is 69.5 Å². The van der Waals surface area contributed by atoms with Gasteiger partial charge >= 0.3 is 6.09 Å². The van der Waals surface area contributed by atoms with Gasteiger partial charge in [0.1, 0.15) is 5.60 Å². The monoisotopic (exact) mass is 506 g/mol. The van der Waals surface area contributed by atoms with E-state index in [0.717, 1.165) is 11.8 Å². The number of anilines is 1. The number of carbonyl (C=O) groups is 1. The quantitative estimate of drug-likeness (QED) is 0.631. The van der Waals surface area contributed by atoms with Crippen molar-refractivity contribution in [3.05, 3.63) is 54.1 Å². The zero-order valence-electron chi connectivity index (χ0n) is 19.8. The molecular weight excluding hydrogens is 476 g/mol. The van der Waals surface area contributed by atoms with E-state index in [-0.39, 0.29) is 22.4 Å². The number of nitrogens with zero attached hydrogens (tertiary/aromatic N) is 2. The second kappa shape index (κ2) is 8.27. The average Bonchev–Trinajstić information content (AvgIpc) is 3.07. The summed E-state index contributed by atoms with van der Waals surface area (Å²) in [7, 11) is -7.34. The summed E-state index contributed by atoms with van der Waals surface area (Å²) in [4.78, 5) is 14.3. The van der Waals surface area contributed by atoms with Crippen LogP contribution in [-0.2, 0) is 30.0 Å². The Bertz CT molecular complexity index is 1300. The molecule has 4 rings (SSSR count). The second-order valence-corrected chi connectivity index (χ2v) is 13.9. The fourth-order valence-corrected chi connectivity index (χ4v) is 6.86. The van der Waals surface area contributed by atoms with E-state index in [1.807, 2.05) is 39.0 Å². The molecule has 184 valence electrons. The van der Waals surface area contributed by atoms with Crippen molar-refractivity contribution >= 4 is 31.6 Å². The average molecular weight is 507 g/mol. The highest BCUT2D eigenvalue weighted by Gasteiger charge is 2.48. The first-order chi connectivity index (χ1) is 15.7. The third kappa shape index (κ3) is 4.53. The number of benzene rings is 2.